The molecule has 4 rings (SSSR count). The molecule has 1 fully saturated rings. The summed E-state index contributed by atoms with van der Waals surface area (Å²) in [7, 11) is 1.80. The van der Waals surface area contributed by atoms with Crippen molar-refractivity contribution < 1.29 is 4.79 Å². The highest BCUT2D eigenvalue weighted by Crippen LogP contribution is 2.26. The Morgan fingerprint density at radius 3 is 2.72 bits per heavy atom. The average molecular weight is 411 g/mol. The molecule has 0 radical (unpaired) electrons. The Balaban J connectivity index is 1.41. The van der Waals surface area contributed by atoms with Gasteiger partial charge in [0.1, 0.15) is 0 Å². The highest BCUT2D eigenvalue weighted by Gasteiger charge is 2.21. The normalized spacial score (nSPS) is 17.9. The number of rotatable bonds is 5. The second kappa shape index (κ2) is 8.49. The number of fused-ring (bicyclic) bond motifs is 1. The molecule has 1 aliphatic heterocycles. The lowest BCUT2D eigenvalue weighted by molar-refractivity contribution is -0.124. The van der Waals surface area contributed by atoms with Crippen LogP contribution in [0.2, 0.25) is 0 Å². The van der Waals surface area contributed by atoms with Crippen LogP contribution in [0.15, 0.2) is 47.3 Å². The summed E-state index contributed by atoms with van der Waals surface area (Å²) in [6, 6.07) is 14.1. The van der Waals surface area contributed by atoms with Crippen molar-refractivity contribution in [3.05, 3.63) is 57.7 Å². The van der Waals surface area contributed by atoms with Gasteiger partial charge in [-0.2, -0.15) is 0 Å². The third kappa shape index (κ3) is 4.42. The molecule has 0 bridgehead atoms. The van der Waals surface area contributed by atoms with Gasteiger partial charge in [-0.3, -0.25) is 9.59 Å². The molecule has 2 atom stereocenters. The van der Waals surface area contributed by atoms with Gasteiger partial charge in [0.2, 0.25) is 5.91 Å². The minimum Gasteiger partial charge on any atom is -0.339 e. The lowest BCUT2D eigenvalue weighted by atomic mass is 10.0. The monoisotopic (exact) mass is 410 g/mol. The summed E-state index contributed by atoms with van der Waals surface area (Å²) in [5.41, 5.74) is 10.3. The fourth-order valence-corrected chi connectivity index (χ4v) is 4.66. The lowest BCUT2D eigenvalue weighted by Gasteiger charge is -2.24. The zero-order valence-electron chi connectivity index (χ0n) is 16.5. The number of aryl methyl sites for hydroxylation is 1. The van der Waals surface area contributed by atoms with Gasteiger partial charge in [-0.05, 0) is 48.2 Å². The van der Waals surface area contributed by atoms with Crippen LogP contribution >= 0.6 is 11.3 Å². The van der Waals surface area contributed by atoms with Gasteiger partial charge in [0.25, 0.3) is 0 Å². The topological polar surface area (TPSA) is 89.2 Å². The number of nitrogens with zero attached hydrogens (tertiary/aromatic N) is 1. The summed E-state index contributed by atoms with van der Waals surface area (Å²) < 4.78 is 2.67. The van der Waals surface area contributed by atoms with E-state index in [1.807, 2.05) is 30.3 Å². The van der Waals surface area contributed by atoms with Crippen molar-refractivity contribution in [2.24, 2.45) is 12.8 Å². The number of nitrogens with two attached hydrogens (primary N) is 1. The first-order chi connectivity index (χ1) is 14.0. The van der Waals surface area contributed by atoms with Gasteiger partial charge in [0, 0.05) is 13.5 Å². The quantitative estimate of drug-likeness (QED) is 0.564. The fraction of sp³-hybridized carbons (Fsp3) is 0.364. The molecule has 6 nitrogen and oxygen atoms in total. The van der Waals surface area contributed by atoms with Crippen LogP contribution < -0.4 is 21.2 Å². The minimum atomic E-state index is -0.409. The molecule has 0 saturated carbocycles. The molecule has 3 aromatic rings. The zero-order valence-corrected chi connectivity index (χ0v) is 17.3. The van der Waals surface area contributed by atoms with Crippen molar-refractivity contribution in [1.82, 2.24) is 15.2 Å². The number of hydrogen-bond acceptors (Lipinski definition) is 5. The molecular weight excluding hydrogens is 384 g/mol. The van der Waals surface area contributed by atoms with Gasteiger partial charge in [-0.15, -0.1) is 0 Å². The molecule has 152 valence electrons. The summed E-state index contributed by atoms with van der Waals surface area (Å²) in [5.74, 6) is -0.0107. The van der Waals surface area contributed by atoms with Crippen LogP contribution in [0.25, 0.3) is 21.3 Å². The van der Waals surface area contributed by atoms with E-state index in [4.69, 9.17) is 5.73 Å². The van der Waals surface area contributed by atoms with Crippen molar-refractivity contribution in [2.45, 2.75) is 37.9 Å². The number of carbonyl (C=O) groups is 1. The van der Waals surface area contributed by atoms with E-state index in [2.05, 4.69) is 22.8 Å². The van der Waals surface area contributed by atoms with Crippen LogP contribution in [0.3, 0.4) is 0 Å². The third-order valence-corrected chi connectivity index (χ3v) is 6.50. The smallest absolute Gasteiger partial charge is 0.307 e. The standard InChI is InChI=1S/C22H26N4O2S/c1-26-18-13-16(9-10-19(18)29-22(26)28)15-7-5-14(6-8-15)12-20(23)25-21(27)17-4-2-3-11-24-17/h5-10,13,17,20,24H,2-4,11-12,23H2,1H3,(H,25,27)/t17-,20-/m0/s1. The Morgan fingerprint density at radius 1 is 1.24 bits per heavy atom. The molecule has 1 saturated heterocycles. The van der Waals surface area contributed by atoms with Crippen LogP contribution in [-0.4, -0.2) is 29.2 Å². The Bertz CT molecular complexity index is 1060. The number of hydrogen-bond donors (Lipinski definition) is 3. The van der Waals surface area contributed by atoms with Gasteiger partial charge >= 0.3 is 4.87 Å². The first-order valence-electron chi connectivity index (χ1n) is 9.99. The number of nitrogens with one attached hydrogen (secondary N) is 2. The Kier molecular flexibility index (Phi) is 5.80. The molecule has 1 aromatic heterocycles. The third-order valence-electron chi connectivity index (χ3n) is 5.49. The number of benzene rings is 2. The zero-order chi connectivity index (χ0) is 20.4. The molecular formula is C22H26N4O2S. The SMILES string of the molecule is Cn1c(=O)sc2ccc(-c3ccc(C[C@@H](N)NC(=O)[C@@H]4CCCCN4)cc3)cc21. The molecule has 2 heterocycles. The Hall–Kier alpha value is -2.48. The van der Waals surface area contributed by atoms with E-state index in [9.17, 15) is 9.59 Å². The predicted octanol–water partition coefficient (Wildman–Crippen LogP) is 2.35. The van der Waals surface area contributed by atoms with Crippen molar-refractivity contribution in [2.75, 3.05) is 6.54 Å². The molecule has 7 heteroatoms. The van der Waals surface area contributed by atoms with Gasteiger partial charge in [-0.25, -0.2) is 0 Å². The van der Waals surface area contributed by atoms with Gasteiger partial charge in [0.05, 0.1) is 22.4 Å². The molecule has 29 heavy (non-hydrogen) atoms. The van der Waals surface area contributed by atoms with Crippen molar-refractivity contribution >= 4 is 27.5 Å². The maximum absolute atomic E-state index is 12.3. The van der Waals surface area contributed by atoms with Crippen LogP contribution in [-0.2, 0) is 18.3 Å². The Labute approximate surface area is 173 Å². The van der Waals surface area contributed by atoms with Gasteiger partial charge < -0.3 is 20.9 Å². The fourth-order valence-electron chi connectivity index (χ4n) is 3.80. The number of amides is 1. The van der Waals surface area contributed by atoms with E-state index < -0.39 is 6.17 Å². The molecule has 4 N–H and O–H groups in total. The maximum atomic E-state index is 12.3. The van der Waals surface area contributed by atoms with E-state index in [0.29, 0.717) is 6.42 Å². The van der Waals surface area contributed by atoms with Gasteiger partial charge in [0.15, 0.2) is 0 Å². The van der Waals surface area contributed by atoms with Crippen molar-refractivity contribution in [1.29, 1.82) is 0 Å². The number of carbonyl (C=O) groups excluding carboxylic acids is 1. The second-order valence-corrected chi connectivity index (χ2v) is 8.62. The summed E-state index contributed by atoms with van der Waals surface area (Å²) in [6.07, 6.45) is 3.24. The number of piperidine rings is 1. The maximum Gasteiger partial charge on any atom is 0.307 e. The van der Waals surface area contributed by atoms with Crippen molar-refractivity contribution in [3.63, 3.8) is 0 Å². The van der Waals surface area contributed by atoms with E-state index in [-0.39, 0.29) is 16.8 Å². The second-order valence-electron chi connectivity index (χ2n) is 7.63. The van der Waals surface area contributed by atoms with E-state index in [1.165, 1.54) is 11.3 Å². The lowest BCUT2D eigenvalue weighted by Crippen LogP contribution is -2.52. The van der Waals surface area contributed by atoms with E-state index >= 15 is 0 Å². The van der Waals surface area contributed by atoms with Crippen LogP contribution in [0.4, 0.5) is 0 Å². The predicted molar refractivity (Wildman–Crippen MR) is 118 cm³/mol. The van der Waals surface area contributed by atoms with Crippen molar-refractivity contribution in [3.8, 4) is 11.1 Å². The first-order valence-corrected chi connectivity index (χ1v) is 10.8. The van der Waals surface area contributed by atoms with Crippen LogP contribution in [0.5, 0.6) is 0 Å². The molecule has 0 unspecified atom stereocenters. The highest BCUT2D eigenvalue weighted by atomic mass is 32.1. The molecule has 2 aromatic carbocycles. The van der Waals surface area contributed by atoms with E-state index in [0.717, 1.165) is 52.7 Å². The number of aromatic nitrogens is 1. The summed E-state index contributed by atoms with van der Waals surface area (Å²) in [4.78, 5) is 24.2. The average Bonchev–Trinajstić information content (AvgIpc) is 3.02. The Morgan fingerprint density at radius 2 is 2.00 bits per heavy atom. The summed E-state index contributed by atoms with van der Waals surface area (Å²) in [6.45, 7) is 0.889. The van der Waals surface area contributed by atoms with Crippen LogP contribution in [0, 0.1) is 0 Å². The highest BCUT2D eigenvalue weighted by molar-refractivity contribution is 7.16. The van der Waals surface area contributed by atoms with E-state index in [1.54, 1.807) is 11.6 Å². The summed E-state index contributed by atoms with van der Waals surface area (Å²) >= 11 is 1.26. The number of thiazole rings is 1. The first kappa shape index (κ1) is 19.8. The summed E-state index contributed by atoms with van der Waals surface area (Å²) in [5, 5.41) is 6.16. The van der Waals surface area contributed by atoms with Crippen LogP contribution in [0.1, 0.15) is 24.8 Å². The molecule has 0 aliphatic carbocycles. The molecule has 1 amide bonds. The molecule has 1 aliphatic rings. The minimum absolute atomic E-state index is 0.0107. The molecule has 0 spiro atoms. The van der Waals surface area contributed by atoms with Gasteiger partial charge in [-0.1, -0.05) is 48.1 Å². The largest absolute Gasteiger partial charge is 0.339 e.